The first kappa shape index (κ1) is 13.8. The maximum Gasteiger partial charge on any atom is 0.354 e. The minimum Gasteiger partial charge on any atom is -0.497 e. The SMILES string of the molecule is COc1ccc(N=Nc2c(C(=O)O)[nH]c3ccccc23)cc1. The molecule has 2 N–H and O–H groups in total. The van der Waals surface area contributed by atoms with Gasteiger partial charge in [-0.2, -0.15) is 5.11 Å². The number of aromatic amines is 1. The van der Waals surface area contributed by atoms with Crippen LogP contribution in [-0.4, -0.2) is 23.2 Å². The zero-order valence-electron chi connectivity index (χ0n) is 11.8. The number of para-hydroxylation sites is 1. The molecule has 1 heterocycles. The van der Waals surface area contributed by atoms with Crippen LogP contribution in [0.4, 0.5) is 11.4 Å². The van der Waals surface area contributed by atoms with Crippen molar-refractivity contribution in [1.29, 1.82) is 0 Å². The van der Waals surface area contributed by atoms with E-state index in [-0.39, 0.29) is 5.69 Å². The number of ether oxygens (including phenoxy) is 1. The standard InChI is InChI=1S/C16H13N3O3/c1-22-11-8-6-10(7-9-11)18-19-14-12-4-2-3-5-13(12)17-15(14)16(20)21/h2-9,17H,1H3,(H,20,21). The number of fused-ring (bicyclic) bond motifs is 1. The number of carboxylic acid groups (broad SMARTS) is 1. The Morgan fingerprint density at radius 1 is 1.09 bits per heavy atom. The molecule has 3 rings (SSSR count). The number of H-pyrrole nitrogens is 1. The molecule has 0 unspecified atom stereocenters. The molecule has 22 heavy (non-hydrogen) atoms. The number of rotatable bonds is 4. The number of hydrogen-bond acceptors (Lipinski definition) is 4. The lowest BCUT2D eigenvalue weighted by molar-refractivity contribution is 0.0692. The predicted octanol–water partition coefficient (Wildman–Crippen LogP) is 4.29. The molecule has 3 aromatic rings. The van der Waals surface area contributed by atoms with E-state index < -0.39 is 5.97 Å². The lowest BCUT2D eigenvalue weighted by atomic mass is 10.2. The summed E-state index contributed by atoms with van der Waals surface area (Å²) in [7, 11) is 1.58. The van der Waals surface area contributed by atoms with E-state index in [9.17, 15) is 9.90 Å². The van der Waals surface area contributed by atoms with Crippen LogP contribution in [0.3, 0.4) is 0 Å². The van der Waals surface area contributed by atoms with Gasteiger partial charge in [-0.15, -0.1) is 5.11 Å². The van der Waals surface area contributed by atoms with Crippen molar-refractivity contribution in [3.05, 3.63) is 54.2 Å². The van der Waals surface area contributed by atoms with Crippen molar-refractivity contribution in [1.82, 2.24) is 4.98 Å². The summed E-state index contributed by atoms with van der Waals surface area (Å²) in [6, 6.07) is 14.3. The number of nitrogens with one attached hydrogen (secondary N) is 1. The van der Waals surface area contributed by atoms with Gasteiger partial charge in [-0.05, 0) is 30.3 Å². The Morgan fingerprint density at radius 3 is 2.50 bits per heavy atom. The van der Waals surface area contributed by atoms with Crippen molar-refractivity contribution in [2.75, 3.05) is 7.11 Å². The van der Waals surface area contributed by atoms with Crippen molar-refractivity contribution >= 4 is 28.2 Å². The van der Waals surface area contributed by atoms with Gasteiger partial charge in [0.25, 0.3) is 0 Å². The normalized spacial score (nSPS) is 11.1. The smallest absolute Gasteiger partial charge is 0.354 e. The molecule has 0 aliphatic carbocycles. The van der Waals surface area contributed by atoms with Gasteiger partial charge in [-0.3, -0.25) is 0 Å². The zero-order chi connectivity index (χ0) is 15.5. The van der Waals surface area contributed by atoms with Crippen LogP contribution in [0.1, 0.15) is 10.5 Å². The molecule has 0 saturated carbocycles. The van der Waals surface area contributed by atoms with E-state index in [0.29, 0.717) is 16.9 Å². The first-order valence-electron chi connectivity index (χ1n) is 6.59. The second kappa shape index (κ2) is 5.69. The third kappa shape index (κ3) is 2.54. The fraction of sp³-hybridized carbons (Fsp3) is 0.0625. The Labute approximate surface area is 126 Å². The number of methoxy groups -OCH3 is 1. The summed E-state index contributed by atoms with van der Waals surface area (Å²) < 4.78 is 5.07. The monoisotopic (exact) mass is 295 g/mol. The Balaban J connectivity index is 2.03. The van der Waals surface area contributed by atoms with Gasteiger partial charge in [0.15, 0.2) is 5.69 Å². The van der Waals surface area contributed by atoms with E-state index in [1.165, 1.54) is 0 Å². The summed E-state index contributed by atoms with van der Waals surface area (Å²) in [6.45, 7) is 0. The third-order valence-corrected chi connectivity index (χ3v) is 3.23. The number of aromatic nitrogens is 1. The zero-order valence-corrected chi connectivity index (χ0v) is 11.8. The Kier molecular flexibility index (Phi) is 3.57. The molecule has 0 atom stereocenters. The van der Waals surface area contributed by atoms with E-state index in [2.05, 4.69) is 15.2 Å². The van der Waals surface area contributed by atoms with E-state index in [1.54, 1.807) is 43.5 Å². The lowest BCUT2D eigenvalue weighted by Gasteiger charge is -1.98. The number of benzene rings is 2. The Hall–Kier alpha value is -3.15. The fourth-order valence-corrected chi connectivity index (χ4v) is 2.14. The molecule has 6 nitrogen and oxygen atoms in total. The van der Waals surface area contributed by atoms with Gasteiger partial charge in [-0.25, -0.2) is 4.79 Å². The van der Waals surface area contributed by atoms with Gasteiger partial charge in [0.2, 0.25) is 0 Å². The number of nitrogens with zero attached hydrogens (tertiary/aromatic N) is 2. The second-order valence-corrected chi connectivity index (χ2v) is 4.60. The minimum atomic E-state index is -1.07. The molecule has 6 heteroatoms. The maximum absolute atomic E-state index is 11.3. The summed E-state index contributed by atoms with van der Waals surface area (Å²) >= 11 is 0. The lowest BCUT2D eigenvalue weighted by Crippen LogP contribution is -1.95. The van der Waals surface area contributed by atoms with Crippen LogP contribution < -0.4 is 4.74 Å². The van der Waals surface area contributed by atoms with Crippen molar-refractivity contribution < 1.29 is 14.6 Å². The summed E-state index contributed by atoms with van der Waals surface area (Å²) in [5.41, 5.74) is 1.67. The first-order valence-corrected chi connectivity index (χ1v) is 6.59. The largest absolute Gasteiger partial charge is 0.497 e. The van der Waals surface area contributed by atoms with Gasteiger partial charge in [0.05, 0.1) is 12.8 Å². The van der Waals surface area contributed by atoms with Crippen LogP contribution >= 0.6 is 0 Å². The van der Waals surface area contributed by atoms with E-state index in [4.69, 9.17) is 4.74 Å². The number of azo groups is 1. The average Bonchev–Trinajstić information content (AvgIpc) is 2.92. The highest BCUT2D eigenvalue weighted by Gasteiger charge is 2.16. The van der Waals surface area contributed by atoms with Gasteiger partial charge in [0.1, 0.15) is 11.4 Å². The molecule has 110 valence electrons. The summed E-state index contributed by atoms with van der Waals surface area (Å²) in [5, 5.41) is 18.2. The summed E-state index contributed by atoms with van der Waals surface area (Å²) in [6.07, 6.45) is 0. The van der Waals surface area contributed by atoms with Crippen molar-refractivity contribution in [2.45, 2.75) is 0 Å². The van der Waals surface area contributed by atoms with Crippen LogP contribution in [0.25, 0.3) is 10.9 Å². The molecule has 0 aliphatic heterocycles. The molecular weight excluding hydrogens is 282 g/mol. The van der Waals surface area contributed by atoms with E-state index in [0.717, 1.165) is 11.1 Å². The molecule has 0 bridgehead atoms. The van der Waals surface area contributed by atoms with Crippen molar-refractivity contribution in [3.63, 3.8) is 0 Å². The van der Waals surface area contributed by atoms with Crippen molar-refractivity contribution in [2.24, 2.45) is 10.2 Å². The molecule has 0 radical (unpaired) electrons. The maximum atomic E-state index is 11.3. The molecule has 1 aromatic heterocycles. The van der Waals surface area contributed by atoms with Gasteiger partial charge < -0.3 is 14.8 Å². The molecular formula is C16H13N3O3. The minimum absolute atomic E-state index is 0.0264. The highest BCUT2D eigenvalue weighted by Crippen LogP contribution is 2.32. The number of carbonyl (C=O) groups is 1. The molecule has 0 spiro atoms. The molecule has 2 aromatic carbocycles. The van der Waals surface area contributed by atoms with Crippen molar-refractivity contribution in [3.8, 4) is 5.75 Å². The van der Waals surface area contributed by atoms with E-state index in [1.807, 2.05) is 12.1 Å². The van der Waals surface area contributed by atoms with Crippen LogP contribution in [0, 0.1) is 0 Å². The number of hydrogen-bond donors (Lipinski definition) is 2. The fourth-order valence-electron chi connectivity index (χ4n) is 2.14. The Bertz CT molecular complexity index is 851. The van der Waals surface area contributed by atoms with Gasteiger partial charge in [0, 0.05) is 10.9 Å². The second-order valence-electron chi connectivity index (χ2n) is 4.60. The topological polar surface area (TPSA) is 87.0 Å². The predicted molar refractivity (Wildman–Crippen MR) is 82.4 cm³/mol. The summed E-state index contributed by atoms with van der Waals surface area (Å²) in [5.74, 6) is -0.350. The highest BCUT2D eigenvalue weighted by atomic mass is 16.5. The van der Waals surface area contributed by atoms with Crippen LogP contribution in [0.2, 0.25) is 0 Å². The Morgan fingerprint density at radius 2 is 1.82 bits per heavy atom. The van der Waals surface area contributed by atoms with Crippen LogP contribution in [0.5, 0.6) is 5.75 Å². The van der Waals surface area contributed by atoms with Gasteiger partial charge >= 0.3 is 5.97 Å². The van der Waals surface area contributed by atoms with Crippen LogP contribution in [0.15, 0.2) is 58.8 Å². The average molecular weight is 295 g/mol. The molecule has 0 saturated heterocycles. The van der Waals surface area contributed by atoms with E-state index >= 15 is 0 Å². The third-order valence-electron chi connectivity index (χ3n) is 3.23. The molecule has 0 amide bonds. The number of aromatic carboxylic acids is 1. The molecule has 0 aliphatic rings. The highest BCUT2D eigenvalue weighted by molar-refractivity contribution is 6.04. The summed E-state index contributed by atoms with van der Waals surface area (Å²) in [4.78, 5) is 14.2. The quantitative estimate of drug-likeness (QED) is 0.704. The molecule has 0 fully saturated rings. The van der Waals surface area contributed by atoms with Gasteiger partial charge in [-0.1, -0.05) is 18.2 Å². The number of carboxylic acids is 1. The van der Waals surface area contributed by atoms with Crippen LogP contribution in [-0.2, 0) is 0 Å². The first-order chi connectivity index (χ1) is 10.7.